The Morgan fingerprint density at radius 3 is 2.45 bits per heavy atom. The summed E-state index contributed by atoms with van der Waals surface area (Å²) in [6.45, 7) is 9.02. The van der Waals surface area contributed by atoms with Gasteiger partial charge in [0.2, 0.25) is 0 Å². The monoisotopic (exact) mass is 212 g/mol. The van der Waals surface area contributed by atoms with Crippen LogP contribution in [0.25, 0.3) is 0 Å². The average molecular weight is 213 g/mol. The van der Waals surface area contributed by atoms with Gasteiger partial charge in [0.25, 0.3) is 0 Å². The van der Waals surface area contributed by atoms with Gasteiger partial charge in [0, 0.05) is 5.41 Å². The summed E-state index contributed by atoms with van der Waals surface area (Å²) in [4.78, 5) is 0. The first-order chi connectivity index (χ1) is 4.99. The second kappa shape index (κ2) is 1.26. The van der Waals surface area contributed by atoms with Crippen LogP contribution in [0.1, 0.15) is 26.7 Å². The van der Waals surface area contributed by atoms with Crippen LogP contribution in [0.15, 0.2) is 12.2 Å². The number of hydrogen-bond acceptors (Lipinski definition) is 0. The van der Waals surface area contributed by atoms with Crippen molar-refractivity contribution in [1.29, 1.82) is 0 Å². The van der Waals surface area contributed by atoms with Gasteiger partial charge in [0.1, 0.15) is 0 Å². The topological polar surface area (TPSA) is 0 Å². The van der Waals surface area contributed by atoms with Gasteiger partial charge in [-0.25, -0.2) is 0 Å². The molecule has 0 aromatic heterocycles. The van der Waals surface area contributed by atoms with Crippen LogP contribution >= 0.6 is 15.9 Å². The Hall–Kier alpha value is 0.220. The third-order valence-corrected chi connectivity index (χ3v) is 6.89. The van der Waals surface area contributed by atoms with Gasteiger partial charge in [-0.2, -0.15) is 0 Å². The molecule has 60 valence electrons. The second-order valence-electron chi connectivity index (χ2n) is 4.82. The summed E-state index contributed by atoms with van der Waals surface area (Å²) in [7, 11) is 0. The lowest BCUT2D eigenvalue weighted by Crippen LogP contribution is -2.47. The zero-order valence-corrected chi connectivity index (χ0v) is 8.66. The average Bonchev–Trinajstić information content (AvgIpc) is 2.27. The third-order valence-electron chi connectivity index (χ3n) is 5.03. The summed E-state index contributed by atoms with van der Waals surface area (Å²) in [5.74, 6) is 0.910. The molecular weight excluding hydrogens is 200 g/mol. The molecule has 0 aliphatic heterocycles. The van der Waals surface area contributed by atoms with Crippen molar-refractivity contribution >= 4 is 15.9 Å². The van der Waals surface area contributed by atoms with E-state index in [2.05, 4.69) is 36.4 Å². The van der Waals surface area contributed by atoms with Gasteiger partial charge < -0.3 is 0 Å². The molecule has 0 aromatic carbocycles. The highest BCUT2D eigenvalue weighted by atomic mass is 79.9. The number of halogens is 1. The Bertz CT molecular complexity index is 283. The van der Waals surface area contributed by atoms with Gasteiger partial charge in [-0.05, 0) is 24.2 Å². The van der Waals surface area contributed by atoms with Crippen molar-refractivity contribution in [3.05, 3.63) is 12.2 Å². The number of allylic oxidation sites excluding steroid dienone is 1. The fraction of sp³-hybridized carbons (Fsp3) is 0.800. The fourth-order valence-electron chi connectivity index (χ4n) is 3.96. The highest BCUT2D eigenvalue weighted by Gasteiger charge is 2.92. The molecule has 0 bridgehead atoms. The van der Waals surface area contributed by atoms with Gasteiger partial charge in [0.05, 0.1) is 4.32 Å². The van der Waals surface area contributed by atoms with Crippen LogP contribution in [0.5, 0.6) is 0 Å². The number of rotatable bonds is 0. The molecule has 0 nitrogen and oxygen atoms in total. The van der Waals surface area contributed by atoms with E-state index in [0.29, 0.717) is 15.2 Å². The van der Waals surface area contributed by atoms with Crippen LogP contribution in [0, 0.1) is 16.7 Å². The number of hydrogen-bond donors (Lipinski definition) is 0. The van der Waals surface area contributed by atoms with E-state index < -0.39 is 0 Å². The Balaban J connectivity index is 2.21. The van der Waals surface area contributed by atoms with Crippen LogP contribution in [-0.2, 0) is 0 Å². The molecule has 4 atom stereocenters. The first-order valence-electron chi connectivity index (χ1n) is 4.38. The molecule has 0 amide bonds. The number of alkyl halides is 1. The van der Waals surface area contributed by atoms with Gasteiger partial charge in [0.15, 0.2) is 0 Å². The standard InChI is InChI=1S/C10H13Br/c1-6-8(2)5-4-7-9(8,3)10(6,7)11/h7H,1,4-5H2,2-3H3. The molecule has 11 heavy (non-hydrogen) atoms. The van der Waals surface area contributed by atoms with E-state index in [1.165, 1.54) is 18.4 Å². The molecule has 0 aromatic rings. The highest BCUT2D eigenvalue weighted by Crippen LogP contribution is 2.94. The third kappa shape index (κ3) is 0.323. The largest absolute Gasteiger partial charge is 0.0979 e. The molecule has 1 heteroatoms. The molecular formula is C10H13Br. The first-order valence-corrected chi connectivity index (χ1v) is 5.17. The number of fused-ring (bicyclic) bond motifs is 1. The summed E-state index contributed by atoms with van der Waals surface area (Å²) < 4.78 is 0.382. The summed E-state index contributed by atoms with van der Waals surface area (Å²) in [6.07, 6.45) is 2.79. The lowest BCUT2D eigenvalue weighted by molar-refractivity contribution is 0.165. The van der Waals surface area contributed by atoms with Crippen molar-refractivity contribution < 1.29 is 0 Å². The van der Waals surface area contributed by atoms with Crippen molar-refractivity contribution in [2.24, 2.45) is 16.7 Å². The van der Waals surface area contributed by atoms with Gasteiger partial charge in [-0.1, -0.05) is 41.9 Å². The Labute approximate surface area is 76.2 Å². The van der Waals surface area contributed by atoms with Crippen molar-refractivity contribution in [1.82, 2.24) is 0 Å². The van der Waals surface area contributed by atoms with Crippen LogP contribution in [-0.4, -0.2) is 4.32 Å². The van der Waals surface area contributed by atoms with E-state index in [1.807, 2.05) is 0 Å². The lowest BCUT2D eigenvalue weighted by atomic mass is 9.57. The Morgan fingerprint density at radius 2 is 2.18 bits per heavy atom. The maximum Gasteiger partial charge on any atom is 0.0568 e. The van der Waals surface area contributed by atoms with Crippen molar-refractivity contribution in [3.63, 3.8) is 0 Å². The fourth-order valence-corrected chi connectivity index (χ4v) is 5.68. The van der Waals surface area contributed by atoms with Crippen LogP contribution in [0.2, 0.25) is 0 Å². The minimum atomic E-state index is 0.382. The van der Waals surface area contributed by atoms with E-state index in [9.17, 15) is 0 Å². The first kappa shape index (κ1) is 6.71. The second-order valence-corrected chi connectivity index (χ2v) is 6.07. The molecule has 3 rings (SSSR count). The molecule has 3 saturated carbocycles. The molecule has 0 saturated heterocycles. The van der Waals surface area contributed by atoms with Crippen LogP contribution in [0.3, 0.4) is 0 Å². The highest BCUT2D eigenvalue weighted by molar-refractivity contribution is 9.10. The molecule has 0 N–H and O–H groups in total. The normalized spacial score (nSPS) is 70.8. The summed E-state index contributed by atoms with van der Waals surface area (Å²) >= 11 is 3.85. The van der Waals surface area contributed by atoms with E-state index in [4.69, 9.17) is 0 Å². The lowest BCUT2D eigenvalue weighted by Gasteiger charge is -2.51. The van der Waals surface area contributed by atoms with E-state index >= 15 is 0 Å². The zero-order valence-electron chi connectivity index (χ0n) is 7.08. The summed E-state index contributed by atoms with van der Waals surface area (Å²) in [5, 5.41) is 0. The summed E-state index contributed by atoms with van der Waals surface area (Å²) in [6, 6.07) is 0. The van der Waals surface area contributed by atoms with E-state index in [0.717, 1.165) is 5.92 Å². The van der Waals surface area contributed by atoms with Crippen molar-refractivity contribution in [3.8, 4) is 0 Å². The van der Waals surface area contributed by atoms with Crippen molar-refractivity contribution in [2.75, 3.05) is 0 Å². The smallest absolute Gasteiger partial charge is 0.0568 e. The van der Waals surface area contributed by atoms with E-state index in [-0.39, 0.29) is 0 Å². The van der Waals surface area contributed by atoms with E-state index in [1.54, 1.807) is 0 Å². The molecule has 4 unspecified atom stereocenters. The molecule has 0 radical (unpaired) electrons. The van der Waals surface area contributed by atoms with Crippen LogP contribution < -0.4 is 0 Å². The minimum Gasteiger partial charge on any atom is -0.0979 e. The van der Waals surface area contributed by atoms with Crippen LogP contribution in [0.4, 0.5) is 0 Å². The maximum atomic E-state index is 4.21. The molecule has 0 heterocycles. The molecule has 0 spiro atoms. The SMILES string of the molecule is C=C1C2(C)CCC3C1(Br)C32C. The Morgan fingerprint density at radius 1 is 1.55 bits per heavy atom. The summed E-state index contributed by atoms with van der Waals surface area (Å²) in [5.41, 5.74) is 2.54. The predicted molar refractivity (Wildman–Crippen MR) is 49.7 cm³/mol. The predicted octanol–water partition coefficient (Wildman–Crippen LogP) is 3.13. The van der Waals surface area contributed by atoms with Crippen molar-refractivity contribution in [2.45, 2.75) is 31.0 Å². The molecule has 3 aliphatic rings. The van der Waals surface area contributed by atoms with Gasteiger partial charge >= 0.3 is 0 Å². The maximum absolute atomic E-state index is 4.21. The zero-order chi connectivity index (χ0) is 8.07. The molecule has 3 aliphatic carbocycles. The minimum absolute atomic E-state index is 0.382. The van der Waals surface area contributed by atoms with Gasteiger partial charge in [-0.15, -0.1) is 0 Å². The molecule has 3 fully saturated rings. The quantitative estimate of drug-likeness (QED) is 0.428. The van der Waals surface area contributed by atoms with Gasteiger partial charge in [-0.3, -0.25) is 0 Å². The Kier molecular flexibility index (Phi) is 0.770.